The van der Waals surface area contributed by atoms with E-state index in [9.17, 15) is 18.7 Å². The summed E-state index contributed by atoms with van der Waals surface area (Å²) < 4.78 is 29.4. The molecule has 1 fully saturated rings. The van der Waals surface area contributed by atoms with Gasteiger partial charge in [-0.2, -0.15) is 8.78 Å². The lowest BCUT2D eigenvalue weighted by Gasteiger charge is -2.40. The lowest BCUT2D eigenvalue weighted by Crippen LogP contribution is -2.56. The molecule has 138 valence electrons. The van der Waals surface area contributed by atoms with Gasteiger partial charge in [-0.25, -0.2) is 0 Å². The maximum atomic E-state index is 14.7. The normalized spacial score (nSPS) is 23.5. The lowest BCUT2D eigenvalue weighted by molar-refractivity contribution is -0.197. The Morgan fingerprint density at radius 2 is 1.65 bits per heavy atom. The fourth-order valence-electron chi connectivity index (χ4n) is 3.42. The van der Waals surface area contributed by atoms with Crippen molar-refractivity contribution < 1.29 is 18.7 Å². The van der Waals surface area contributed by atoms with Crippen LogP contribution in [0.25, 0.3) is 0 Å². The number of amides is 1. The molecule has 1 aliphatic rings. The van der Waals surface area contributed by atoms with Crippen molar-refractivity contribution in [2.75, 3.05) is 5.32 Å². The van der Waals surface area contributed by atoms with Crippen molar-refractivity contribution in [3.63, 3.8) is 0 Å². The second-order valence-corrected chi connectivity index (χ2v) is 7.19. The van der Waals surface area contributed by atoms with Crippen LogP contribution in [0.4, 0.5) is 14.5 Å². The second-order valence-electron chi connectivity index (χ2n) is 6.75. The van der Waals surface area contributed by atoms with E-state index in [2.05, 4.69) is 5.32 Å². The molecule has 3 rings (SSSR count). The summed E-state index contributed by atoms with van der Waals surface area (Å²) in [6, 6.07) is 15.5. The molecule has 0 radical (unpaired) electrons. The van der Waals surface area contributed by atoms with E-state index in [1.807, 2.05) is 30.3 Å². The number of nitrogens with one attached hydrogen (secondary N) is 1. The van der Waals surface area contributed by atoms with Gasteiger partial charge >= 0.3 is 5.92 Å². The van der Waals surface area contributed by atoms with Gasteiger partial charge in [0, 0.05) is 10.7 Å². The Morgan fingerprint density at radius 1 is 1.08 bits per heavy atom. The van der Waals surface area contributed by atoms with E-state index in [0.29, 0.717) is 17.9 Å². The fraction of sp³-hybridized carbons (Fsp3) is 0.350. The quantitative estimate of drug-likeness (QED) is 0.785. The number of aliphatic hydroxyl groups is 1. The van der Waals surface area contributed by atoms with E-state index in [0.717, 1.165) is 5.56 Å². The van der Waals surface area contributed by atoms with Gasteiger partial charge in [0.25, 0.3) is 5.91 Å². The fourth-order valence-corrected chi connectivity index (χ4v) is 3.55. The van der Waals surface area contributed by atoms with E-state index in [1.165, 1.54) is 24.3 Å². The summed E-state index contributed by atoms with van der Waals surface area (Å²) in [5, 5.41) is 13.1. The van der Waals surface area contributed by atoms with Gasteiger partial charge in [0.15, 0.2) is 0 Å². The predicted octanol–water partition coefficient (Wildman–Crippen LogP) is 5.00. The zero-order valence-electron chi connectivity index (χ0n) is 14.1. The Balaban J connectivity index is 1.68. The Morgan fingerprint density at radius 3 is 2.23 bits per heavy atom. The standard InChI is InChI=1S/C20H20ClF2NO2/c21-16-6-8-17(9-7-16)24-18(25)20(22,23)19(26)12-10-15(11-13-19)14-4-2-1-3-5-14/h1-9,15,26H,10-13H2,(H,24,25)/t15-,19+. The maximum Gasteiger partial charge on any atom is 0.352 e. The highest BCUT2D eigenvalue weighted by atomic mass is 35.5. The molecule has 0 aromatic heterocycles. The Kier molecular flexibility index (Phi) is 5.30. The molecule has 2 N–H and O–H groups in total. The van der Waals surface area contributed by atoms with Crippen molar-refractivity contribution in [2.24, 2.45) is 0 Å². The smallest absolute Gasteiger partial charge is 0.352 e. The van der Waals surface area contributed by atoms with Crippen LogP contribution in [0.3, 0.4) is 0 Å². The minimum atomic E-state index is -3.88. The molecule has 1 saturated carbocycles. The van der Waals surface area contributed by atoms with Gasteiger partial charge in [-0.05, 0) is 61.4 Å². The average Bonchev–Trinajstić information content (AvgIpc) is 2.65. The van der Waals surface area contributed by atoms with Gasteiger partial charge in [-0.1, -0.05) is 41.9 Å². The molecule has 0 heterocycles. The molecule has 0 spiro atoms. The van der Waals surface area contributed by atoms with Gasteiger partial charge in [-0.3, -0.25) is 4.79 Å². The monoisotopic (exact) mass is 379 g/mol. The number of benzene rings is 2. The summed E-state index contributed by atoms with van der Waals surface area (Å²) in [4.78, 5) is 12.1. The van der Waals surface area contributed by atoms with Crippen molar-refractivity contribution in [3.8, 4) is 0 Å². The average molecular weight is 380 g/mol. The summed E-state index contributed by atoms with van der Waals surface area (Å²) in [6.07, 6.45) is 0.551. The van der Waals surface area contributed by atoms with Crippen LogP contribution < -0.4 is 5.32 Å². The molecular formula is C20H20ClF2NO2. The molecule has 6 heteroatoms. The molecule has 3 nitrogen and oxygen atoms in total. The van der Waals surface area contributed by atoms with Crippen LogP contribution in [0.1, 0.15) is 37.2 Å². The van der Waals surface area contributed by atoms with E-state index in [1.54, 1.807) is 0 Å². The number of rotatable bonds is 4. The molecule has 0 aliphatic heterocycles. The molecule has 0 saturated heterocycles. The van der Waals surface area contributed by atoms with Crippen LogP contribution in [0.2, 0.25) is 5.02 Å². The third-order valence-electron chi connectivity index (χ3n) is 5.06. The number of anilines is 1. The highest BCUT2D eigenvalue weighted by molar-refractivity contribution is 6.30. The first kappa shape index (κ1) is 18.8. The highest BCUT2D eigenvalue weighted by Crippen LogP contribution is 2.45. The summed E-state index contributed by atoms with van der Waals surface area (Å²) >= 11 is 5.75. The van der Waals surface area contributed by atoms with Crippen molar-refractivity contribution in [2.45, 2.75) is 43.1 Å². The number of alkyl halides is 2. The van der Waals surface area contributed by atoms with Gasteiger partial charge in [0.1, 0.15) is 5.60 Å². The van der Waals surface area contributed by atoms with Crippen LogP contribution in [-0.2, 0) is 4.79 Å². The van der Waals surface area contributed by atoms with Crippen LogP contribution in [0.15, 0.2) is 54.6 Å². The molecule has 2 aromatic rings. The zero-order chi connectivity index (χ0) is 18.8. The number of hydrogen-bond acceptors (Lipinski definition) is 2. The van der Waals surface area contributed by atoms with Gasteiger partial charge in [-0.15, -0.1) is 0 Å². The predicted molar refractivity (Wildman–Crippen MR) is 97.6 cm³/mol. The summed E-state index contributed by atoms with van der Waals surface area (Å²) in [5.74, 6) is -5.26. The van der Waals surface area contributed by atoms with E-state index in [-0.39, 0.29) is 24.4 Å². The number of carbonyl (C=O) groups excluding carboxylic acids is 1. The van der Waals surface area contributed by atoms with Crippen molar-refractivity contribution >= 4 is 23.2 Å². The Labute approximate surface area is 156 Å². The van der Waals surface area contributed by atoms with Crippen molar-refractivity contribution in [3.05, 3.63) is 65.2 Å². The molecule has 0 unspecified atom stereocenters. The van der Waals surface area contributed by atoms with Gasteiger partial charge in [0.2, 0.25) is 0 Å². The zero-order valence-corrected chi connectivity index (χ0v) is 14.8. The molecule has 26 heavy (non-hydrogen) atoms. The molecule has 0 bridgehead atoms. The first-order valence-electron chi connectivity index (χ1n) is 8.54. The Hall–Kier alpha value is -1.98. The van der Waals surface area contributed by atoms with E-state index >= 15 is 0 Å². The van der Waals surface area contributed by atoms with Gasteiger partial charge in [0.05, 0.1) is 0 Å². The summed E-state index contributed by atoms with van der Waals surface area (Å²) in [7, 11) is 0. The van der Waals surface area contributed by atoms with Crippen LogP contribution in [-0.4, -0.2) is 22.5 Å². The molecule has 1 aliphatic carbocycles. The van der Waals surface area contributed by atoms with E-state index in [4.69, 9.17) is 11.6 Å². The van der Waals surface area contributed by atoms with Crippen molar-refractivity contribution in [1.29, 1.82) is 0 Å². The lowest BCUT2D eigenvalue weighted by atomic mass is 9.73. The minimum absolute atomic E-state index is 0.117. The number of carbonyl (C=O) groups is 1. The van der Waals surface area contributed by atoms with Crippen LogP contribution >= 0.6 is 11.6 Å². The third-order valence-corrected chi connectivity index (χ3v) is 5.31. The maximum absolute atomic E-state index is 14.7. The number of hydrogen-bond donors (Lipinski definition) is 2. The minimum Gasteiger partial charge on any atom is -0.383 e. The van der Waals surface area contributed by atoms with Crippen molar-refractivity contribution in [1.82, 2.24) is 0 Å². The van der Waals surface area contributed by atoms with E-state index < -0.39 is 17.4 Å². The largest absolute Gasteiger partial charge is 0.383 e. The van der Waals surface area contributed by atoms with Crippen LogP contribution in [0, 0.1) is 0 Å². The molecular weight excluding hydrogens is 360 g/mol. The molecule has 1 amide bonds. The molecule has 0 atom stereocenters. The first-order chi connectivity index (χ1) is 12.3. The molecule has 2 aromatic carbocycles. The Bertz CT molecular complexity index is 757. The van der Waals surface area contributed by atoms with Gasteiger partial charge < -0.3 is 10.4 Å². The summed E-state index contributed by atoms with van der Waals surface area (Å²) in [5.41, 5.74) is -1.06. The van der Waals surface area contributed by atoms with Crippen LogP contribution in [0.5, 0.6) is 0 Å². The highest BCUT2D eigenvalue weighted by Gasteiger charge is 2.59. The summed E-state index contributed by atoms with van der Waals surface area (Å²) in [6.45, 7) is 0. The second kappa shape index (κ2) is 7.33. The third kappa shape index (κ3) is 3.74. The SMILES string of the molecule is O=C(Nc1ccc(Cl)cc1)C(F)(F)[C@]1(O)CC[C@@H](c2ccccc2)CC1. The first-order valence-corrected chi connectivity index (χ1v) is 8.92. The number of halogens is 3. The topological polar surface area (TPSA) is 49.3 Å².